The molecule has 0 aromatic heterocycles. The fraction of sp³-hybridized carbons (Fsp3) is 0.235. The minimum atomic E-state index is -4.25. The van der Waals surface area contributed by atoms with Crippen molar-refractivity contribution in [3.63, 3.8) is 0 Å². The Labute approximate surface area is 263 Å². The SMILES string of the molecule is CCCNC(=O)[C@@H](Cc1ccccc1)N(Cc1ccccc1F)C(=O)CN(c1ccc(Cl)cc1C)S(=O)(=O)c1ccccc1. The predicted molar refractivity (Wildman–Crippen MR) is 171 cm³/mol. The molecule has 0 aliphatic carbocycles. The summed E-state index contributed by atoms with van der Waals surface area (Å²) in [6.45, 7) is 3.11. The number of carbonyl (C=O) groups excluding carboxylic acids is 2. The van der Waals surface area contributed by atoms with Crippen molar-refractivity contribution in [2.45, 2.75) is 44.2 Å². The number of hydrogen-bond acceptors (Lipinski definition) is 4. The number of sulfonamides is 1. The van der Waals surface area contributed by atoms with Gasteiger partial charge in [-0.15, -0.1) is 0 Å². The van der Waals surface area contributed by atoms with Gasteiger partial charge in [-0.05, 0) is 60.9 Å². The number of carbonyl (C=O) groups is 2. The molecule has 7 nitrogen and oxygen atoms in total. The predicted octanol–water partition coefficient (Wildman–Crippen LogP) is 6.15. The van der Waals surface area contributed by atoms with E-state index in [-0.39, 0.29) is 29.1 Å². The number of halogens is 2. The highest BCUT2D eigenvalue weighted by atomic mass is 35.5. The van der Waals surface area contributed by atoms with Gasteiger partial charge in [-0.2, -0.15) is 0 Å². The number of nitrogens with zero attached hydrogens (tertiary/aromatic N) is 2. The molecule has 0 saturated heterocycles. The molecule has 0 spiro atoms. The zero-order valence-corrected chi connectivity index (χ0v) is 26.2. The molecule has 0 aliphatic rings. The van der Waals surface area contributed by atoms with Gasteiger partial charge in [-0.3, -0.25) is 13.9 Å². The van der Waals surface area contributed by atoms with Crippen LogP contribution in [0.2, 0.25) is 5.02 Å². The van der Waals surface area contributed by atoms with E-state index in [2.05, 4.69) is 5.32 Å². The Balaban J connectivity index is 1.82. The molecule has 230 valence electrons. The van der Waals surface area contributed by atoms with E-state index in [9.17, 15) is 22.4 Å². The molecule has 0 radical (unpaired) electrons. The number of anilines is 1. The lowest BCUT2D eigenvalue weighted by Crippen LogP contribution is -2.53. The van der Waals surface area contributed by atoms with Crippen LogP contribution in [-0.4, -0.2) is 44.3 Å². The van der Waals surface area contributed by atoms with Gasteiger partial charge in [0.2, 0.25) is 11.8 Å². The maximum atomic E-state index is 15.0. The van der Waals surface area contributed by atoms with Crippen molar-refractivity contribution in [1.82, 2.24) is 10.2 Å². The summed E-state index contributed by atoms with van der Waals surface area (Å²) in [7, 11) is -4.25. The van der Waals surface area contributed by atoms with Crippen molar-refractivity contribution in [1.29, 1.82) is 0 Å². The first-order valence-electron chi connectivity index (χ1n) is 14.3. The minimum Gasteiger partial charge on any atom is -0.354 e. The van der Waals surface area contributed by atoms with Crippen molar-refractivity contribution in [2.24, 2.45) is 0 Å². The van der Waals surface area contributed by atoms with Gasteiger partial charge in [0.25, 0.3) is 10.0 Å². The molecule has 10 heteroatoms. The van der Waals surface area contributed by atoms with Gasteiger partial charge in [-0.25, -0.2) is 12.8 Å². The second-order valence-electron chi connectivity index (χ2n) is 10.4. The van der Waals surface area contributed by atoms with Crippen LogP contribution in [-0.2, 0) is 32.6 Å². The third-order valence-electron chi connectivity index (χ3n) is 7.16. The first-order chi connectivity index (χ1) is 21.1. The first-order valence-corrected chi connectivity index (χ1v) is 16.1. The standard InChI is InChI=1S/C34H35ClFN3O4S/c1-3-20-37-34(41)32(22-26-12-6-4-7-13-26)38(23-27-14-10-11-17-30(27)36)33(40)24-39(31-19-18-28(35)21-25(31)2)44(42,43)29-15-8-5-9-16-29/h4-19,21,32H,3,20,22-24H2,1-2H3,(H,37,41)/t32-/m1/s1. The molecule has 44 heavy (non-hydrogen) atoms. The molecule has 0 aliphatic heterocycles. The van der Waals surface area contributed by atoms with Crippen LogP contribution in [0.1, 0.15) is 30.0 Å². The second-order valence-corrected chi connectivity index (χ2v) is 12.7. The third kappa shape index (κ3) is 8.03. The molecule has 1 N–H and O–H groups in total. The molecular weight excluding hydrogens is 601 g/mol. The summed E-state index contributed by atoms with van der Waals surface area (Å²) in [6.07, 6.45) is 0.811. The van der Waals surface area contributed by atoms with Crippen molar-refractivity contribution in [3.8, 4) is 0 Å². The van der Waals surface area contributed by atoms with Gasteiger partial charge in [0.1, 0.15) is 18.4 Å². The van der Waals surface area contributed by atoms with Gasteiger partial charge < -0.3 is 10.2 Å². The Kier molecular flexibility index (Phi) is 11.1. The van der Waals surface area contributed by atoms with E-state index in [1.165, 1.54) is 29.2 Å². The second kappa shape index (κ2) is 15.0. The normalized spacial score (nSPS) is 11.9. The van der Waals surface area contributed by atoms with E-state index in [1.54, 1.807) is 55.5 Å². The molecule has 0 heterocycles. The molecule has 4 aromatic rings. The summed E-state index contributed by atoms with van der Waals surface area (Å²) in [5, 5.41) is 3.28. The summed E-state index contributed by atoms with van der Waals surface area (Å²) in [5.74, 6) is -1.63. The number of nitrogens with one attached hydrogen (secondary N) is 1. The summed E-state index contributed by atoms with van der Waals surface area (Å²) in [4.78, 5) is 29.3. The van der Waals surface area contributed by atoms with Crippen molar-refractivity contribution >= 4 is 39.1 Å². The molecular formula is C34H35ClFN3O4S. The van der Waals surface area contributed by atoms with Crippen molar-refractivity contribution < 1.29 is 22.4 Å². The highest BCUT2D eigenvalue weighted by molar-refractivity contribution is 7.92. The lowest BCUT2D eigenvalue weighted by atomic mass is 10.0. The van der Waals surface area contributed by atoms with E-state index in [0.717, 1.165) is 9.87 Å². The summed E-state index contributed by atoms with van der Waals surface area (Å²) in [6, 6.07) is 26.6. The summed E-state index contributed by atoms with van der Waals surface area (Å²) >= 11 is 6.19. The minimum absolute atomic E-state index is 0.00988. The van der Waals surface area contributed by atoms with Crippen LogP contribution in [0, 0.1) is 12.7 Å². The molecule has 4 rings (SSSR count). The van der Waals surface area contributed by atoms with Crippen LogP contribution >= 0.6 is 11.6 Å². The number of benzene rings is 4. The third-order valence-corrected chi connectivity index (χ3v) is 9.17. The zero-order valence-electron chi connectivity index (χ0n) is 24.6. The number of aryl methyl sites for hydroxylation is 1. The van der Waals surface area contributed by atoms with Gasteiger partial charge >= 0.3 is 0 Å². The van der Waals surface area contributed by atoms with Crippen LogP contribution in [0.15, 0.2) is 108 Å². The van der Waals surface area contributed by atoms with E-state index in [4.69, 9.17) is 11.6 Å². The highest BCUT2D eigenvalue weighted by Crippen LogP contribution is 2.29. The Morgan fingerprint density at radius 3 is 2.18 bits per heavy atom. The fourth-order valence-electron chi connectivity index (χ4n) is 4.86. The van der Waals surface area contributed by atoms with Gasteiger partial charge in [0.15, 0.2) is 0 Å². The molecule has 0 bridgehead atoms. The maximum Gasteiger partial charge on any atom is 0.264 e. The highest BCUT2D eigenvalue weighted by Gasteiger charge is 2.35. The van der Waals surface area contributed by atoms with Crippen LogP contribution < -0.4 is 9.62 Å². The summed E-state index contributed by atoms with van der Waals surface area (Å²) in [5.41, 5.74) is 1.78. The number of hydrogen-bond donors (Lipinski definition) is 1. The van der Waals surface area contributed by atoms with Gasteiger partial charge in [0, 0.05) is 30.1 Å². The Morgan fingerprint density at radius 2 is 1.55 bits per heavy atom. The average molecular weight is 636 g/mol. The number of rotatable bonds is 13. The van der Waals surface area contributed by atoms with Crippen LogP contribution in [0.25, 0.3) is 0 Å². The molecule has 4 aromatic carbocycles. The number of amides is 2. The lowest BCUT2D eigenvalue weighted by molar-refractivity contribution is -0.140. The van der Waals surface area contributed by atoms with Gasteiger partial charge in [-0.1, -0.05) is 85.3 Å². The van der Waals surface area contributed by atoms with E-state index in [1.807, 2.05) is 37.3 Å². The smallest absolute Gasteiger partial charge is 0.264 e. The van der Waals surface area contributed by atoms with Crippen LogP contribution in [0.3, 0.4) is 0 Å². The fourth-order valence-corrected chi connectivity index (χ4v) is 6.59. The van der Waals surface area contributed by atoms with Crippen LogP contribution in [0.4, 0.5) is 10.1 Å². The van der Waals surface area contributed by atoms with Gasteiger partial charge in [0.05, 0.1) is 10.6 Å². The monoisotopic (exact) mass is 635 g/mol. The molecule has 2 amide bonds. The van der Waals surface area contributed by atoms with E-state index < -0.39 is 40.2 Å². The van der Waals surface area contributed by atoms with Crippen molar-refractivity contribution in [2.75, 3.05) is 17.4 Å². The van der Waals surface area contributed by atoms with Crippen molar-refractivity contribution in [3.05, 3.63) is 131 Å². The molecule has 0 saturated carbocycles. The summed E-state index contributed by atoms with van der Waals surface area (Å²) < 4.78 is 44.1. The molecule has 1 atom stereocenters. The largest absolute Gasteiger partial charge is 0.354 e. The first kappa shape index (κ1) is 32.7. The molecule has 0 unspecified atom stereocenters. The lowest BCUT2D eigenvalue weighted by Gasteiger charge is -2.34. The maximum absolute atomic E-state index is 15.0. The van der Waals surface area contributed by atoms with E-state index >= 15 is 0 Å². The van der Waals surface area contributed by atoms with E-state index in [0.29, 0.717) is 23.6 Å². The Bertz CT molecular complexity index is 1690. The topological polar surface area (TPSA) is 86.8 Å². The van der Waals surface area contributed by atoms with Crippen LogP contribution in [0.5, 0.6) is 0 Å². The average Bonchev–Trinajstić information content (AvgIpc) is 3.02. The zero-order chi connectivity index (χ0) is 31.7. The molecule has 0 fully saturated rings. The Hall–Kier alpha value is -4.21. The Morgan fingerprint density at radius 1 is 0.909 bits per heavy atom. The quantitative estimate of drug-likeness (QED) is 0.191.